The van der Waals surface area contributed by atoms with E-state index in [1.54, 1.807) is 0 Å². The average Bonchev–Trinajstić information content (AvgIpc) is 3.00. The monoisotopic (exact) mass is 263 g/mol. The zero-order chi connectivity index (χ0) is 12.8. The fourth-order valence-corrected chi connectivity index (χ4v) is 2.96. The van der Waals surface area contributed by atoms with E-state index in [0.717, 1.165) is 18.9 Å². The molecular weight excluding hydrogens is 242 g/mol. The first-order chi connectivity index (χ1) is 8.81. The van der Waals surface area contributed by atoms with E-state index in [4.69, 9.17) is 0 Å². The number of hydrogen-bond donors (Lipinski definition) is 1. The van der Waals surface area contributed by atoms with Gasteiger partial charge < -0.3 is 9.88 Å². The lowest BCUT2D eigenvalue weighted by molar-refractivity contribution is 0.476. The van der Waals surface area contributed by atoms with Crippen LogP contribution in [0.5, 0.6) is 0 Å². The average molecular weight is 263 g/mol. The number of aryl methyl sites for hydroxylation is 1. The number of aromatic nitrogens is 2. The zero-order valence-corrected chi connectivity index (χ0v) is 11.9. The molecule has 1 unspecified atom stereocenters. The Morgan fingerprint density at radius 3 is 3.00 bits per heavy atom. The molecule has 2 rings (SSSR count). The maximum Gasteiger partial charge on any atom is 0.105 e. The standard InChI is InChI=1S/C14H21N3S/c1-3-5-13(14-6-4-11-18-14)16-8-10-17-9-7-15-12(17)2/h4,6-7,9,11,13,16H,3,5,8,10H2,1-2H3. The fraction of sp³-hybridized carbons (Fsp3) is 0.500. The van der Waals surface area contributed by atoms with Crippen molar-refractivity contribution >= 4 is 11.3 Å². The smallest absolute Gasteiger partial charge is 0.105 e. The molecule has 0 aliphatic carbocycles. The van der Waals surface area contributed by atoms with Crippen LogP contribution in [0.2, 0.25) is 0 Å². The lowest BCUT2D eigenvalue weighted by Crippen LogP contribution is -2.24. The molecular formula is C14H21N3S. The van der Waals surface area contributed by atoms with Crippen molar-refractivity contribution in [1.29, 1.82) is 0 Å². The second kappa shape index (κ2) is 6.71. The van der Waals surface area contributed by atoms with Gasteiger partial charge in [0.15, 0.2) is 0 Å². The maximum absolute atomic E-state index is 4.24. The molecule has 2 aromatic heterocycles. The van der Waals surface area contributed by atoms with Gasteiger partial charge in [-0.1, -0.05) is 19.4 Å². The third kappa shape index (κ3) is 3.43. The summed E-state index contributed by atoms with van der Waals surface area (Å²) in [5.74, 6) is 1.08. The van der Waals surface area contributed by atoms with Crippen LogP contribution in [0, 0.1) is 6.92 Å². The largest absolute Gasteiger partial charge is 0.334 e. The molecule has 2 heterocycles. The minimum atomic E-state index is 0.499. The summed E-state index contributed by atoms with van der Waals surface area (Å²) in [7, 11) is 0. The SMILES string of the molecule is CCCC(NCCn1ccnc1C)c1cccs1. The number of nitrogens with zero attached hydrogens (tertiary/aromatic N) is 2. The highest BCUT2D eigenvalue weighted by Gasteiger charge is 2.10. The number of thiophene rings is 1. The van der Waals surface area contributed by atoms with E-state index in [-0.39, 0.29) is 0 Å². The topological polar surface area (TPSA) is 29.9 Å². The van der Waals surface area contributed by atoms with Crippen LogP contribution in [0.3, 0.4) is 0 Å². The second-order valence-corrected chi connectivity index (χ2v) is 5.46. The predicted octanol–water partition coefficient (Wildman–Crippen LogP) is 3.38. The summed E-state index contributed by atoms with van der Waals surface area (Å²) in [5.41, 5.74) is 0. The quantitative estimate of drug-likeness (QED) is 0.830. The van der Waals surface area contributed by atoms with Crippen molar-refractivity contribution in [3.63, 3.8) is 0 Å². The van der Waals surface area contributed by atoms with Crippen LogP contribution in [-0.2, 0) is 6.54 Å². The number of nitrogens with one attached hydrogen (secondary N) is 1. The minimum Gasteiger partial charge on any atom is -0.334 e. The van der Waals surface area contributed by atoms with Crippen LogP contribution in [0.15, 0.2) is 29.9 Å². The Hall–Kier alpha value is -1.13. The molecule has 0 aliphatic rings. The van der Waals surface area contributed by atoms with Crippen LogP contribution in [-0.4, -0.2) is 16.1 Å². The van der Waals surface area contributed by atoms with Crippen molar-refractivity contribution in [2.75, 3.05) is 6.54 Å². The van der Waals surface area contributed by atoms with E-state index in [9.17, 15) is 0 Å². The summed E-state index contributed by atoms with van der Waals surface area (Å²) >= 11 is 1.84. The van der Waals surface area contributed by atoms with Crippen LogP contribution in [0.1, 0.15) is 36.5 Å². The molecule has 2 aromatic rings. The Kier molecular flexibility index (Phi) is 4.96. The maximum atomic E-state index is 4.24. The van der Waals surface area contributed by atoms with Crippen molar-refractivity contribution in [1.82, 2.24) is 14.9 Å². The van der Waals surface area contributed by atoms with Gasteiger partial charge in [-0.25, -0.2) is 4.98 Å². The molecule has 0 fully saturated rings. The van der Waals surface area contributed by atoms with E-state index in [1.807, 2.05) is 30.7 Å². The van der Waals surface area contributed by atoms with Gasteiger partial charge in [-0.15, -0.1) is 11.3 Å². The third-order valence-corrected chi connectivity index (χ3v) is 4.12. The molecule has 0 bridgehead atoms. The van der Waals surface area contributed by atoms with Gasteiger partial charge in [0.25, 0.3) is 0 Å². The molecule has 0 aromatic carbocycles. The molecule has 0 radical (unpaired) electrons. The highest BCUT2D eigenvalue weighted by molar-refractivity contribution is 7.10. The fourth-order valence-electron chi connectivity index (χ4n) is 2.12. The van der Waals surface area contributed by atoms with E-state index >= 15 is 0 Å². The molecule has 4 heteroatoms. The van der Waals surface area contributed by atoms with Crippen molar-refractivity contribution in [3.05, 3.63) is 40.6 Å². The van der Waals surface area contributed by atoms with E-state index in [0.29, 0.717) is 6.04 Å². The summed E-state index contributed by atoms with van der Waals surface area (Å²) in [4.78, 5) is 5.68. The third-order valence-electron chi connectivity index (χ3n) is 3.13. The Morgan fingerprint density at radius 1 is 1.50 bits per heavy atom. The Labute approximate surface area is 113 Å². The van der Waals surface area contributed by atoms with Gasteiger partial charge in [-0.05, 0) is 24.8 Å². The van der Waals surface area contributed by atoms with Crippen LogP contribution in [0.4, 0.5) is 0 Å². The van der Waals surface area contributed by atoms with Crippen LogP contribution >= 0.6 is 11.3 Å². The van der Waals surface area contributed by atoms with E-state index < -0.39 is 0 Å². The highest BCUT2D eigenvalue weighted by atomic mass is 32.1. The molecule has 0 spiro atoms. The van der Waals surface area contributed by atoms with E-state index in [2.05, 4.69) is 39.3 Å². The minimum absolute atomic E-state index is 0.499. The van der Waals surface area contributed by atoms with E-state index in [1.165, 1.54) is 17.7 Å². The van der Waals surface area contributed by atoms with Crippen LogP contribution < -0.4 is 5.32 Å². The first-order valence-corrected chi connectivity index (χ1v) is 7.43. The van der Waals surface area contributed by atoms with Crippen LogP contribution in [0.25, 0.3) is 0 Å². The molecule has 0 saturated heterocycles. The normalized spacial score (nSPS) is 12.8. The molecule has 0 amide bonds. The first kappa shape index (κ1) is 13.3. The molecule has 3 nitrogen and oxygen atoms in total. The molecule has 18 heavy (non-hydrogen) atoms. The number of hydrogen-bond acceptors (Lipinski definition) is 3. The van der Waals surface area contributed by atoms with Crippen molar-refractivity contribution in [2.24, 2.45) is 0 Å². The summed E-state index contributed by atoms with van der Waals surface area (Å²) in [6, 6.07) is 4.85. The Balaban J connectivity index is 1.85. The van der Waals surface area contributed by atoms with Gasteiger partial charge in [-0.2, -0.15) is 0 Å². The summed E-state index contributed by atoms with van der Waals surface area (Å²) in [6.45, 7) is 6.25. The van der Waals surface area contributed by atoms with Crippen molar-refractivity contribution in [3.8, 4) is 0 Å². The number of imidazole rings is 1. The Bertz CT molecular complexity index is 447. The highest BCUT2D eigenvalue weighted by Crippen LogP contribution is 2.22. The van der Waals surface area contributed by atoms with Crippen molar-refractivity contribution in [2.45, 2.75) is 39.3 Å². The molecule has 0 saturated carbocycles. The van der Waals surface area contributed by atoms with Crippen molar-refractivity contribution < 1.29 is 0 Å². The second-order valence-electron chi connectivity index (χ2n) is 4.48. The number of rotatable bonds is 7. The molecule has 1 N–H and O–H groups in total. The summed E-state index contributed by atoms with van der Waals surface area (Å²) < 4.78 is 2.18. The zero-order valence-electron chi connectivity index (χ0n) is 11.1. The van der Waals surface area contributed by atoms with Gasteiger partial charge in [0.2, 0.25) is 0 Å². The van der Waals surface area contributed by atoms with Gasteiger partial charge in [0.1, 0.15) is 5.82 Å². The van der Waals surface area contributed by atoms with Gasteiger partial charge in [-0.3, -0.25) is 0 Å². The predicted molar refractivity (Wildman–Crippen MR) is 76.9 cm³/mol. The molecule has 98 valence electrons. The lowest BCUT2D eigenvalue weighted by atomic mass is 10.1. The summed E-state index contributed by atoms with van der Waals surface area (Å²) in [6.07, 6.45) is 6.30. The lowest BCUT2D eigenvalue weighted by Gasteiger charge is -2.17. The molecule has 1 atom stereocenters. The summed E-state index contributed by atoms with van der Waals surface area (Å²) in [5, 5.41) is 5.80. The van der Waals surface area contributed by atoms with Gasteiger partial charge >= 0.3 is 0 Å². The Morgan fingerprint density at radius 2 is 2.39 bits per heavy atom. The molecule has 0 aliphatic heterocycles. The van der Waals surface area contributed by atoms with Gasteiger partial charge in [0, 0.05) is 36.4 Å². The van der Waals surface area contributed by atoms with Gasteiger partial charge in [0.05, 0.1) is 0 Å². The first-order valence-electron chi connectivity index (χ1n) is 6.55.